The van der Waals surface area contributed by atoms with Crippen LogP contribution in [-0.4, -0.2) is 15.8 Å². The van der Waals surface area contributed by atoms with Gasteiger partial charge >= 0.3 is 0 Å². The average Bonchev–Trinajstić information content (AvgIpc) is 2.61. The normalized spacial score (nSPS) is 13.3. The zero-order valence-electron chi connectivity index (χ0n) is 9.27. The molecule has 0 fully saturated rings. The highest BCUT2D eigenvalue weighted by atomic mass is 15.3. The van der Waals surface area contributed by atoms with Crippen molar-refractivity contribution in [2.45, 2.75) is 32.9 Å². The Labute approximate surface area is 89.9 Å². The Balaban J connectivity index is 2.52. The molecule has 80 valence electrons. The van der Waals surface area contributed by atoms with Crippen LogP contribution in [0.15, 0.2) is 24.4 Å². The van der Waals surface area contributed by atoms with Crippen molar-refractivity contribution in [1.82, 2.24) is 9.78 Å². The van der Waals surface area contributed by atoms with E-state index < -0.39 is 0 Å². The Morgan fingerprint density at radius 1 is 1.47 bits per heavy atom. The van der Waals surface area contributed by atoms with Crippen LogP contribution >= 0.6 is 0 Å². The van der Waals surface area contributed by atoms with Crippen LogP contribution in [0.5, 0.6) is 0 Å². The number of rotatable bonds is 3. The molecule has 1 aromatic heterocycles. The van der Waals surface area contributed by atoms with Crippen molar-refractivity contribution in [3.05, 3.63) is 30.0 Å². The van der Waals surface area contributed by atoms with E-state index in [1.54, 1.807) is 0 Å². The first-order valence-corrected chi connectivity index (χ1v) is 5.41. The number of fused-ring (bicyclic) bond motifs is 1. The molecule has 1 heterocycles. The van der Waals surface area contributed by atoms with Gasteiger partial charge in [0.1, 0.15) is 0 Å². The van der Waals surface area contributed by atoms with Crippen LogP contribution in [0.3, 0.4) is 0 Å². The summed E-state index contributed by atoms with van der Waals surface area (Å²) in [6.07, 6.45) is 2.85. The van der Waals surface area contributed by atoms with E-state index in [-0.39, 0.29) is 6.04 Å². The predicted molar refractivity (Wildman–Crippen MR) is 62.8 cm³/mol. The van der Waals surface area contributed by atoms with Gasteiger partial charge in [0.15, 0.2) is 0 Å². The summed E-state index contributed by atoms with van der Waals surface area (Å²) in [5.74, 6) is 0. The van der Waals surface area contributed by atoms with Crippen molar-refractivity contribution in [2.75, 3.05) is 0 Å². The van der Waals surface area contributed by atoms with E-state index in [0.717, 1.165) is 13.0 Å². The molecule has 0 aliphatic rings. The van der Waals surface area contributed by atoms with Crippen LogP contribution in [0.4, 0.5) is 0 Å². The Morgan fingerprint density at radius 2 is 2.27 bits per heavy atom. The molecule has 2 N–H and O–H groups in total. The van der Waals surface area contributed by atoms with Gasteiger partial charge in [0.05, 0.1) is 11.7 Å². The van der Waals surface area contributed by atoms with Gasteiger partial charge in [-0.05, 0) is 31.9 Å². The quantitative estimate of drug-likeness (QED) is 0.828. The van der Waals surface area contributed by atoms with Crippen molar-refractivity contribution in [2.24, 2.45) is 5.73 Å². The van der Waals surface area contributed by atoms with Gasteiger partial charge in [-0.25, -0.2) is 0 Å². The monoisotopic (exact) mass is 203 g/mol. The standard InChI is InChI=1S/C12H17N3/c1-3-15-12-6-4-5-10(7-9(2)13)11(12)8-14-15/h4-6,8-9H,3,7,13H2,1-2H3. The van der Waals surface area contributed by atoms with Gasteiger partial charge in [-0.3, -0.25) is 4.68 Å². The van der Waals surface area contributed by atoms with E-state index in [2.05, 4.69) is 30.2 Å². The van der Waals surface area contributed by atoms with Gasteiger partial charge in [-0.2, -0.15) is 5.10 Å². The molecule has 0 radical (unpaired) electrons. The number of benzene rings is 1. The van der Waals surface area contributed by atoms with Crippen LogP contribution in [0.1, 0.15) is 19.4 Å². The molecule has 15 heavy (non-hydrogen) atoms. The first kappa shape index (κ1) is 10.2. The lowest BCUT2D eigenvalue weighted by atomic mass is 10.0. The third kappa shape index (κ3) is 1.88. The van der Waals surface area contributed by atoms with Crippen molar-refractivity contribution in [3.8, 4) is 0 Å². The number of aromatic nitrogens is 2. The van der Waals surface area contributed by atoms with Gasteiger partial charge in [-0.15, -0.1) is 0 Å². The third-order valence-corrected chi connectivity index (χ3v) is 2.62. The second kappa shape index (κ2) is 4.03. The number of nitrogens with zero attached hydrogens (tertiary/aromatic N) is 2. The molecule has 0 amide bonds. The fourth-order valence-electron chi connectivity index (χ4n) is 1.94. The molecule has 0 saturated heterocycles. The van der Waals surface area contributed by atoms with Gasteiger partial charge in [-0.1, -0.05) is 12.1 Å². The second-order valence-electron chi connectivity index (χ2n) is 3.99. The van der Waals surface area contributed by atoms with Gasteiger partial charge in [0.2, 0.25) is 0 Å². The largest absolute Gasteiger partial charge is 0.328 e. The smallest absolute Gasteiger partial charge is 0.0685 e. The van der Waals surface area contributed by atoms with E-state index in [1.807, 2.05) is 17.8 Å². The topological polar surface area (TPSA) is 43.8 Å². The summed E-state index contributed by atoms with van der Waals surface area (Å²) < 4.78 is 2.01. The van der Waals surface area contributed by atoms with Crippen molar-refractivity contribution >= 4 is 10.9 Å². The highest BCUT2D eigenvalue weighted by Gasteiger charge is 2.06. The Morgan fingerprint density at radius 3 is 2.93 bits per heavy atom. The summed E-state index contributed by atoms with van der Waals surface area (Å²) in [5.41, 5.74) is 8.33. The first-order valence-electron chi connectivity index (χ1n) is 5.41. The van der Waals surface area contributed by atoms with Crippen LogP contribution in [-0.2, 0) is 13.0 Å². The molecule has 1 aromatic carbocycles. The minimum atomic E-state index is 0.195. The third-order valence-electron chi connectivity index (χ3n) is 2.62. The second-order valence-corrected chi connectivity index (χ2v) is 3.99. The lowest BCUT2D eigenvalue weighted by molar-refractivity contribution is 0.684. The molecular weight excluding hydrogens is 186 g/mol. The fourth-order valence-corrected chi connectivity index (χ4v) is 1.94. The number of aryl methyl sites for hydroxylation is 1. The van der Waals surface area contributed by atoms with Crippen molar-refractivity contribution in [1.29, 1.82) is 0 Å². The SMILES string of the molecule is CCn1ncc2c(CC(C)N)cccc21. The Hall–Kier alpha value is -1.35. The Bertz CT molecular complexity index is 457. The highest BCUT2D eigenvalue weighted by molar-refractivity contribution is 5.82. The first-order chi connectivity index (χ1) is 7.22. The summed E-state index contributed by atoms with van der Waals surface area (Å²) in [4.78, 5) is 0. The molecule has 0 bridgehead atoms. The number of nitrogens with two attached hydrogens (primary N) is 1. The van der Waals surface area contributed by atoms with Crippen molar-refractivity contribution < 1.29 is 0 Å². The maximum Gasteiger partial charge on any atom is 0.0685 e. The van der Waals surface area contributed by atoms with E-state index in [1.165, 1.54) is 16.5 Å². The van der Waals surface area contributed by atoms with Gasteiger partial charge in [0.25, 0.3) is 0 Å². The number of hydrogen-bond donors (Lipinski definition) is 1. The van der Waals surface area contributed by atoms with Gasteiger partial charge in [0, 0.05) is 18.0 Å². The maximum absolute atomic E-state index is 5.83. The van der Waals surface area contributed by atoms with Crippen LogP contribution in [0, 0.1) is 0 Å². The summed E-state index contributed by atoms with van der Waals surface area (Å²) in [7, 11) is 0. The molecule has 0 aliphatic heterocycles. The molecule has 0 saturated carbocycles. The van der Waals surface area contributed by atoms with E-state index in [9.17, 15) is 0 Å². The molecule has 0 aliphatic carbocycles. The molecule has 1 unspecified atom stereocenters. The van der Waals surface area contributed by atoms with Gasteiger partial charge < -0.3 is 5.73 Å². The zero-order valence-corrected chi connectivity index (χ0v) is 9.27. The van der Waals surface area contributed by atoms with E-state index in [4.69, 9.17) is 5.73 Å². The number of hydrogen-bond acceptors (Lipinski definition) is 2. The molecule has 3 heteroatoms. The molecule has 0 spiro atoms. The van der Waals surface area contributed by atoms with Crippen LogP contribution < -0.4 is 5.73 Å². The molecule has 1 atom stereocenters. The van der Waals surface area contributed by atoms with E-state index in [0.29, 0.717) is 0 Å². The summed E-state index contributed by atoms with van der Waals surface area (Å²) in [6, 6.07) is 6.51. The minimum absolute atomic E-state index is 0.195. The summed E-state index contributed by atoms with van der Waals surface area (Å²) in [5, 5.41) is 5.59. The van der Waals surface area contributed by atoms with E-state index >= 15 is 0 Å². The Kier molecular flexibility index (Phi) is 2.73. The average molecular weight is 203 g/mol. The van der Waals surface area contributed by atoms with Crippen molar-refractivity contribution in [3.63, 3.8) is 0 Å². The molecule has 3 nitrogen and oxygen atoms in total. The van der Waals surface area contributed by atoms with Crippen LogP contribution in [0.25, 0.3) is 10.9 Å². The molecular formula is C12H17N3. The van der Waals surface area contributed by atoms with Crippen LogP contribution in [0.2, 0.25) is 0 Å². The summed E-state index contributed by atoms with van der Waals surface area (Å²) in [6.45, 7) is 5.04. The lowest BCUT2D eigenvalue weighted by Gasteiger charge is -2.06. The minimum Gasteiger partial charge on any atom is -0.328 e. The zero-order chi connectivity index (χ0) is 10.8. The highest BCUT2D eigenvalue weighted by Crippen LogP contribution is 2.19. The fraction of sp³-hybridized carbons (Fsp3) is 0.417. The molecule has 2 aromatic rings. The summed E-state index contributed by atoms with van der Waals surface area (Å²) >= 11 is 0. The molecule has 2 rings (SSSR count). The maximum atomic E-state index is 5.83. The predicted octanol–water partition coefficient (Wildman–Crippen LogP) is 1.95. The lowest BCUT2D eigenvalue weighted by Crippen LogP contribution is -2.17.